The molecule has 0 aliphatic carbocycles. The molecule has 1 N–H and O–H groups in total. The van der Waals surface area contributed by atoms with E-state index in [2.05, 4.69) is 17.1 Å². The molecular formula is C11H23N3O. The number of hydrogen-bond acceptors (Lipinski definition) is 3. The van der Waals surface area contributed by atoms with Crippen LogP contribution in [0.15, 0.2) is 0 Å². The van der Waals surface area contributed by atoms with E-state index >= 15 is 0 Å². The van der Waals surface area contributed by atoms with Crippen molar-refractivity contribution in [3.05, 3.63) is 0 Å². The molecule has 4 nitrogen and oxygen atoms in total. The van der Waals surface area contributed by atoms with Gasteiger partial charge in [0.2, 0.25) is 5.91 Å². The summed E-state index contributed by atoms with van der Waals surface area (Å²) < 4.78 is 0. The molecule has 0 bridgehead atoms. The van der Waals surface area contributed by atoms with E-state index < -0.39 is 0 Å². The van der Waals surface area contributed by atoms with Crippen molar-refractivity contribution in [2.45, 2.75) is 32.9 Å². The SMILES string of the molecule is CC(C)N(C)C(=O)CN1CCN[C@H](C)C1. The van der Waals surface area contributed by atoms with Crippen LogP contribution in [0.3, 0.4) is 0 Å². The van der Waals surface area contributed by atoms with Gasteiger partial charge in [-0.05, 0) is 20.8 Å². The number of rotatable bonds is 3. The second-order valence-corrected chi connectivity index (χ2v) is 4.69. The van der Waals surface area contributed by atoms with Crippen LogP contribution in [-0.2, 0) is 4.79 Å². The first-order chi connectivity index (χ1) is 7.00. The molecule has 0 aromatic heterocycles. The van der Waals surface area contributed by atoms with E-state index in [0.29, 0.717) is 12.6 Å². The Balaban J connectivity index is 2.37. The zero-order chi connectivity index (χ0) is 11.4. The maximum atomic E-state index is 11.8. The molecule has 0 spiro atoms. The maximum Gasteiger partial charge on any atom is 0.236 e. The highest BCUT2D eigenvalue weighted by molar-refractivity contribution is 5.78. The fraction of sp³-hybridized carbons (Fsp3) is 0.909. The number of nitrogens with one attached hydrogen (secondary N) is 1. The molecule has 1 heterocycles. The van der Waals surface area contributed by atoms with Crippen molar-refractivity contribution in [1.82, 2.24) is 15.1 Å². The van der Waals surface area contributed by atoms with Crippen LogP contribution in [0.4, 0.5) is 0 Å². The number of hydrogen-bond donors (Lipinski definition) is 1. The molecule has 1 aliphatic heterocycles. The molecule has 1 atom stereocenters. The quantitative estimate of drug-likeness (QED) is 0.725. The van der Waals surface area contributed by atoms with Crippen LogP contribution in [-0.4, -0.2) is 61.0 Å². The lowest BCUT2D eigenvalue weighted by molar-refractivity contribution is -0.132. The van der Waals surface area contributed by atoms with Crippen molar-refractivity contribution in [2.24, 2.45) is 0 Å². The Morgan fingerprint density at radius 1 is 1.60 bits per heavy atom. The lowest BCUT2D eigenvalue weighted by atomic mass is 10.2. The van der Waals surface area contributed by atoms with Gasteiger partial charge in [-0.1, -0.05) is 0 Å². The van der Waals surface area contributed by atoms with E-state index in [4.69, 9.17) is 0 Å². The van der Waals surface area contributed by atoms with Gasteiger partial charge in [-0.2, -0.15) is 0 Å². The summed E-state index contributed by atoms with van der Waals surface area (Å²) in [7, 11) is 1.87. The lowest BCUT2D eigenvalue weighted by Crippen LogP contribution is -2.52. The molecule has 1 rings (SSSR count). The van der Waals surface area contributed by atoms with Gasteiger partial charge in [-0.3, -0.25) is 9.69 Å². The summed E-state index contributed by atoms with van der Waals surface area (Å²) in [4.78, 5) is 15.9. The number of carbonyl (C=O) groups is 1. The summed E-state index contributed by atoms with van der Waals surface area (Å²) in [5.74, 6) is 0.221. The van der Waals surface area contributed by atoms with Crippen LogP contribution in [0.1, 0.15) is 20.8 Å². The van der Waals surface area contributed by atoms with Gasteiger partial charge in [-0.25, -0.2) is 0 Å². The van der Waals surface area contributed by atoms with Crippen molar-refractivity contribution < 1.29 is 4.79 Å². The van der Waals surface area contributed by atoms with E-state index in [9.17, 15) is 4.79 Å². The average Bonchev–Trinajstić information content (AvgIpc) is 2.16. The fourth-order valence-corrected chi connectivity index (χ4v) is 1.75. The summed E-state index contributed by atoms with van der Waals surface area (Å²) in [6, 6.07) is 0.786. The summed E-state index contributed by atoms with van der Waals surface area (Å²) in [5.41, 5.74) is 0. The molecular weight excluding hydrogens is 190 g/mol. The average molecular weight is 213 g/mol. The summed E-state index contributed by atoms with van der Waals surface area (Å²) in [5, 5.41) is 3.37. The molecule has 1 fully saturated rings. The van der Waals surface area contributed by atoms with Crippen molar-refractivity contribution in [2.75, 3.05) is 33.2 Å². The Bertz CT molecular complexity index is 218. The van der Waals surface area contributed by atoms with Gasteiger partial charge in [-0.15, -0.1) is 0 Å². The fourth-order valence-electron chi connectivity index (χ4n) is 1.75. The van der Waals surface area contributed by atoms with Crippen LogP contribution in [0.2, 0.25) is 0 Å². The zero-order valence-electron chi connectivity index (χ0n) is 10.3. The lowest BCUT2D eigenvalue weighted by Gasteiger charge is -2.33. The third-order valence-corrected chi connectivity index (χ3v) is 2.98. The van der Waals surface area contributed by atoms with E-state index in [1.807, 2.05) is 25.8 Å². The van der Waals surface area contributed by atoms with Gasteiger partial charge < -0.3 is 10.2 Å². The number of piperazine rings is 1. The van der Waals surface area contributed by atoms with E-state index in [1.165, 1.54) is 0 Å². The van der Waals surface area contributed by atoms with Gasteiger partial charge in [0, 0.05) is 38.8 Å². The number of amides is 1. The Labute approximate surface area is 92.6 Å². The molecule has 4 heteroatoms. The highest BCUT2D eigenvalue weighted by Crippen LogP contribution is 2.01. The van der Waals surface area contributed by atoms with E-state index in [1.54, 1.807) is 0 Å². The minimum absolute atomic E-state index is 0.221. The standard InChI is InChI=1S/C11H23N3O/c1-9(2)13(4)11(15)8-14-6-5-12-10(3)7-14/h9-10,12H,5-8H2,1-4H3/t10-/m1/s1. The van der Waals surface area contributed by atoms with Gasteiger partial charge in [0.15, 0.2) is 0 Å². The minimum Gasteiger partial charge on any atom is -0.342 e. The van der Waals surface area contributed by atoms with E-state index in [-0.39, 0.29) is 11.9 Å². The largest absolute Gasteiger partial charge is 0.342 e. The number of nitrogens with zero attached hydrogens (tertiary/aromatic N) is 2. The van der Waals surface area contributed by atoms with Gasteiger partial charge in [0.25, 0.3) is 0 Å². The Hall–Kier alpha value is -0.610. The monoisotopic (exact) mass is 213 g/mol. The topological polar surface area (TPSA) is 35.6 Å². The number of likely N-dealkylation sites (N-methyl/N-ethyl adjacent to an activating group) is 1. The molecule has 15 heavy (non-hydrogen) atoms. The maximum absolute atomic E-state index is 11.8. The first kappa shape index (κ1) is 12.5. The summed E-state index contributed by atoms with van der Waals surface area (Å²) >= 11 is 0. The molecule has 1 aliphatic rings. The summed E-state index contributed by atoms with van der Waals surface area (Å²) in [6.07, 6.45) is 0. The third kappa shape index (κ3) is 3.80. The first-order valence-corrected chi connectivity index (χ1v) is 5.72. The number of carbonyl (C=O) groups excluding carboxylic acids is 1. The van der Waals surface area contributed by atoms with Crippen molar-refractivity contribution >= 4 is 5.91 Å². The van der Waals surface area contributed by atoms with Crippen LogP contribution < -0.4 is 5.32 Å². The second kappa shape index (κ2) is 5.47. The second-order valence-electron chi connectivity index (χ2n) is 4.69. The molecule has 0 radical (unpaired) electrons. The van der Waals surface area contributed by atoms with Crippen LogP contribution in [0, 0.1) is 0 Å². The van der Waals surface area contributed by atoms with Crippen LogP contribution >= 0.6 is 0 Å². The Morgan fingerprint density at radius 2 is 2.27 bits per heavy atom. The molecule has 88 valence electrons. The predicted octanol–water partition coefficient (Wildman–Crippen LogP) is 0.147. The van der Waals surface area contributed by atoms with Gasteiger partial charge >= 0.3 is 0 Å². The molecule has 1 saturated heterocycles. The van der Waals surface area contributed by atoms with Crippen LogP contribution in [0.25, 0.3) is 0 Å². The summed E-state index contributed by atoms with van der Waals surface area (Å²) in [6.45, 7) is 9.72. The predicted molar refractivity (Wildman–Crippen MR) is 61.8 cm³/mol. The Morgan fingerprint density at radius 3 is 2.80 bits per heavy atom. The molecule has 0 aromatic rings. The highest BCUT2D eigenvalue weighted by atomic mass is 16.2. The van der Waals surface area contributed by atoms with Gasteiger partial charge in [0.1, 0.15) is 0 Å². The highest BCUT2D eigenvalue weighted by Gasteiger charge is 2.20. The minimum atomic E-state index is 0.221. The molecule has 0 unspecified atom stereocenters. The molecule has 0 aromatic carbocycles. The first-order valence-electron chi connectivity index (χ1n) is 5.72. The van der Waals surface area contributed by atoms with Gasteiger partial charge in [0.05, 0.1) is 6.54 Å². The smallest absolute Gasteiger partial charge is 0.236 e. The van der Waals surface area contributed by atoms with Crippen molar-refractivity contribution in [3.8, 4) is 0 Å². The normalized spacial score (nSPS) is 23.1. The van der Waals surface area contributed by atoms with Crippen LogP contribution in [0.5, 0.6) is 0 Å². The molecule has 1 amide bonds. The third-order valence-electron chi connectivity index (χ3n) is 2.98. The Kier molecular flexibility index (Phi) is 4.54. The zero-order valence-corrected chi connectivity index (χ0v) is 10.3. The van der Waals surface area contributed by atoms with Crippen molar-refractivity contribution in [1.29, 1.82) is 0 Å². The van der Waals surface area contributed by atoms with Crippen molar-refractivity contribution in [3.63, 3.8) is 0 Å². The van der Waals surface area contributed by atoms with E-state index in [0.717, 1.165) is 19.6 Å². The molecule has 0 saturated carbocycles.